The molecule has 3 N–H and O–H groups in total. The Morgan fingerprint density at radius 1 is 1.11 bits per heavy atom. The summed E-state index contributed by atoms with van der Waals surface area (Å²) in [6.45, 7) is 0. The number of rotatable bonds is 3. The van der Waals surface area contributed by atoms with E-state index in [9.17, 15) is 4.79 Å². The maximum absolute atomic E-state index is 12.5. The number of hydrogen-bond donors (Lipinski definition) is 2. The molecule has 7 heteroatoms. The topological polar surface area (TPSA) is 90.8 Å². The van der Waals surface area contributed by atoms with Gasteiger partial charge in [-0.2, -0.15) is 9.78 Å². The molecule has 27 heavy (non-hydrogen) atoms. The second-order valence-electron chi connectivity index (χ2n) is 6.76. The Labute approximate surface area is 155 Å². The Kier molecular flexibility index (Phi) is 3.46. The number of fused-ring (bicyclic) bond motifs is 1. The van der Waals surface area contributed by atoms with E-state index in [2.05, 4.69) is 15.4 Å². The van der Waals surface area contributed by atoms with Crippen LogP contribution < -0.4 is 11.1 Å². The number of para-hydroxylation sites is 2. The predicted octanol–water partition coefficient (Wildman–Crippen LogP) is 3.76. The second kappa shape index (κ2) is 5.98. The number of carbonyl (C=O) groups excluding carboxylic acids is 1. The first-order valence-electron chi connectivity index (χ1n) is 8.88. The van der Waals surface area contributed by atoms with Gasteiger partial charge in [0.2, 0.25) is 0 Å². The predicted molar refractivity (Wildman–Crippen MR) is 104 cm³/mol. The van der Waals surface area contributed by atoms with E-state index in [0.717, 1.165) is 35.3 Å². The van der Waals surface area contributed by atoms with Gasteiger partial charge >= 0.3 is 6.03 Å². The van der Waals surface area contributed by atoms with Crippen LogP contribution in [0.1, 0.15) is 24.5 Å². The Morgan fingerprint density at radius 3 is 2.67 bits per heavy atom. The Hall–Kier alpha value is -3.61. The van der Waals surface area contributed by atoms with Crippen LogP contribution in [-0.2, 0) is 0 Å². The van der Waals surface area contributed by atoms with E-state index in [4.69, 9.17) is 5.73 Å². The van der Waals surface area contributed by atoms with E-state index in [1.165, 1.54) is 4.68 Å². The first-order chi connectivity index (χ1) is 13.2. The molecule has 2 aromatic heterocycles. The number of amides is 1. The highest BCUT2D eigenvalue weighted by Gasteiger charge is 2.27. The van der Waals surface area contributed by atoms with E-state index >= 15 is 0 Å². The van der Waals surface area contributed by atoms with Gasteiger partial charge in [0, 0.05) is 23.4 Å². The second-order valence-corrected chi connectivity index (χ2v) is 6.76. The molecule has 134 valence electrons. The molecule has 4 aromatic rings. The number of imidazole rings is 1. The minimum atomic E-state index is -0.361. The van der Waals surface area contributed by atoms with Gasteiger partial charge in [0.25, 0.3) is 0 Å². The average molecular weight is 358 g/mol. The van der Waals surface area contributed by atoms with Crippen LogP contribution in [0.25, 0.3) is 16.7 Å². The maximum Gasteiger partial charge on any atom is 0.348 e. The van der Waals surface area contributed by atoms with Crippen LogP contribution >= 0.6 is 0 Å². The molecule has 2 heterocycles. The van der Waals surface area contributed by atoms with Crippen LogP contribution in [0.4, 0.5) is 16.3 Å². The molecule has 0 saturated heterocycles. The van der Waals surface area contributed by atoms with Crippen LogP contribution in [-0.4, -0.2) is 25.4 Å². The number of nitrogens with two attached hydrogens (primary N) is 1. The highest BCUT2D eigenvalue weighted by atomic mass is 16.2. The van der Waals surface area contributed by atoms with Crippen molar-refractivity contribution in [2.24, 2.45) is 0 Å². The summed E-state index contributed by atoms with van der Waals surface area (Å²) in [6, 6.07) is 16.9. The summed E-state index contributed by atoms with van der Waals surface area (Å²) in [5.41, 5.74) is 10.4. The summed E-state index contributed by atoms with van der Waals surface area (Å²) in [5, 5.41) is 7.17. The molecule has 0 bridgehead atoms. The Morgan fingerprint density at radius 2 is 1.89 bits per heavy atom. The molecule has 0 atom stereocenters. The van der Waals surface area contributed by atoms with Crippen molar-refractivity contribution in [3.05, 3.63) is 66.6 Å². The molecule has 0 unspecified atom stereocenters. The fourth-order valence-electron chi connectivity index (χ4n) is 3.20. The number of carbonyl (C=O) groups is 1. The van der Waals surface area contributed by atoms with Crippen LogP contribution in [0.5, 0.6) is 0 Å². The normalized spacial score (nSPS) is 13.8. The van der Waals surface area contributed by atoms with Gasteiger partial charge in [0.15, 0.2) is 0 Å². The molecule has 1 fully saturated rings. The highest BCUT2D eigenvalue weighted by Crippen LogP contribution is 2.39. The van der Waals surface area contributed by atoms with Crippen LogP contribution in [0.15, 0.2) is 60.9 Å². The summed E-state index contributed by atoms with van der Waals surface area (Å²) in [6.07, 6.45) is 4.02. The molecule has 1 aliphatic carbocycles. The van der Waals surface area contributed by atoms with Gasteiger partial charge in [-0.05, 0) is 49.2 Å². The lowest BCUT2D eigenvalue weighted by atomic mass is 10.2. The average Bonchev–Trinajstić information content (AvgIpc) is 3.33. The number of aromatic nitrogens is 4. The van der Waals surface area contributed by atoms with Gasteiger partial charge in [-0.25, -0.2) is 9.78 Å². The fourth-order valence-corrected chi connectivity index (χ4v) is 3.20. The number of anilines is 2. The zero-order valence-corrected chi connectivity index (χ0v) is 14.5. The lowest BCUT2D eigenvalue weighted by Crippen LogP contribution is -2.22. The van der Waals surface area contributed by atoms with Crippen LogP contribution in [0.2, 0.25) is 0 Å². The Balaban J connectivity index is 1.37. The summed E-state index contributed by atoms with van der Waals surface area (Å²) in [7, 11) is 0. The Bertz CT molecular complexity index is 1140. The first-order valence-corrected chi connectivity index (χ1v) is 8.88. The molecule has 2 aromatic carbocycles. The largest absolute Gasteiger partial charge is 0.383 e. The molecule has 0 radical (unpaired) electrons. The summed E-state index contributed by atoms with van der Waals surface area (Å²) >= 11 is 0. The quantitative estimate of drug-likeness (QED) is 0.583. The fraction of sp³-hybridized carbons (Fsp3) is 0.150. The van der Waals surface area contributed by atoms with Gasteiger partial charge in [-0.1, -0.05) is 12.1 Å². The molecule has 5 rings (SSSR count). The number of nitrogen functional groups attached to an aromatic ring is 1. The number of nitrogens with zero attached hydrogens (tertiary/aromatic N) is 4. The van der Waals surface area contributed by atoms with Crippen molar-refractivity contribution in [2.75, 3.05) is 11.1 Å². The molecule has 0 aliphatic heterocycles. The van der Waals surface area contributed by atoms with E-state index < -0.39 is 0 Å². The lowest BCUT2D eigenvalue weighted by Gasteiger charge is -2.08. The van der Waals surface area contributed by atoms with E-state index in [-0.39, 0.29) is 6.03 Å². The maximum atomic E-state index is 12.5. The van der Waals surface area contributed by atoms with Gasteiger partial charge in [-0.3, -0.25) is 4.57 Å². The lowest BCUT2D eigenvalue weighted by molar-refractivity contribution is 0.251. The zero-order valence-electron chi connectivity index (χ0n) is 14.5. The number of benzene rings is 2. The van der Waals surface area contributed by atoms with Crippen molar-refractivity contribution in [1.29, 1.82) is 0 Å². The molecular weight excluding hydrogens is 340 g/mol. The minimum absolute atomic E-state index is 0.357. The molecular formula is C20H18N6O. The molecule has 1 amide bonds. The SMILES string of the molecule is Nc1cc(C2CC2)nn1C(=O)Nc1ccc(-n2cnc3ccccc32)cc1. The van der Waals surface area contributed by atoms with Gasteiger partial charge in [0.1, 0.15) is 12.1 Å². The third kappa shape index (κ3) is 2.83. The van der Waals surface area contributed by atoms with Gasteiger partial charge in [-0.15, -0.1) is 0 Å². The van der Waals surface area contributed by atoms with Crippen molar-refractivity contribution >= 4 is 28.6 Å². The standard InChI is InChI=1S/C20H18N6O/c21-19-11-17(13-5-6-13)24-26(19)20(27)23-14-7-9-15(10-8-14)25-12-22-16-3-1-2-4-18(16)25/h1-4,7-13H,5-6,21H2,(H,23,27). The molecule has 1 saturated carbocycles. The monoisotopic (exact) mass is 358 g/mol. The highest BCUT2D eigenvalue weighted by molar-refractivity contribution is 5.92. The van der Waals surface area contributed by atoms with Crippen LogP contribution in [0.3, 0.4) is 0 Å². The smallest absolute Gasteiger partial charge is 0.348 e. The third-order valence-electron chi connectivity index (χ3n) is 4.79. The summed E-state index contributed by atoms with van der Waals surface area (Å²) in [4.78, 5) is 16.9. The minimum Gasteiger partial charge on any atom is -0.383 e. The van der Waals surface area contributed by atoms with Crippen molar-refractivity contribution in [3.8, 4) is 5.69 Å². The zero-order chi connectivity index (χ0) is 18.4. The molecule has 7 nitrogen and oxygen atoms in total. The third-order valence-corrected chi connectivity index (χ3v) is 4.79. The van der Waals surface area contributed by atoms with Crippen molar-refractivity contribution in [2.45, 2.75) is 18.8 Å². The molecule has 1 aliphatic rings. The summed E-state index contributed by atoms with van der Waals surface area (Å²) in [5.74, 6) is 0.807. The van der Waals surface area contributed by atoms with E-state index in [1.807, 2.05) is 53.1 Å². The number of hydrogen-bond acceptors (Lipinski definition) is 4. The van der Waals surface area contributed by atoms with Crippen molar-refractivity contribution < 1.29 is 4.79 Å². The van der Waals surface area contributed by atoms with E-state index in [1.54, 1.807) is 12.4 Å². The van der Waals surface area contributed by atoms with Gasteiger partial charge in [0.05, 0.1) is 16.7 Å². The van der Waals surface area contributed by atoms with Crippen molar-refractivity contribution in [3.63, 3.8) is 0 Å². The van der Waals surface area contributed by atoms with Crippen molar-refractivity contribution in [1.82, 2.24) is 19.3 Å². The van der Waals surface area contributed by atoms with Crippen LogP contribution in [0, 0.1) is 0 Å². The first kappa shape index (κ1) is 15.6. The van der Waals surface area contributed by atoms with Gasteiger partial charge < -0.3 is 11.1 Å². The molecule has 0 spiro atoms. The van der Waals surface area contributed by atoms with E-state index in [0.29, 0.717) is 17.4 Å². The summed E-state index contributed by atoms with van der Waals surface area (Å²) < 4.78 is 3.24. The number of nitrogens with one attached hydrogen (secondary N) is 1.